The van der Waals surface area contributed by atoms with E-state index in [1.54, 1.807) is 11.0 Å². The molecule has 2 heterocycles. The molecule has 1 atom stereocenters. The Kier molecular flexibility index (Phi) is 4.88. The number of aryl methyl sites for hydroxylation is 1. The van der Waals surface area contributed by atoms with E-state index in [9.17, 15) is 9.18 Å². The topological polar surface area (TPSA) is 51.7 Å². The third-order valence-electron chi connectivity index (χ3n) is 3.48. The third kappa shape index (κ3) is 4.08. The van der Waals surface area contributed by atoms with Gasteiger partial charge in [-0.3, -0.25) is 0 Å². The number of ether oxygens (including phenoxy) is 2. The minimum atomic E-state index is -0.505. The van der Waals surface area contributed by atoms with Crippen molar-refractivity contribution in [2.75, 3.05) is 13.2 Å². The summed E-state index contributed by atoms with van der Waals surface area (Å²) in [5.74, 6) is 0.0585. The monoisotopic (exact) mass is 310 g/mol. The Morgan fingerprint density at radius 2 is 2.23 bits per heavy atom. The van der Waals surface area contributed by atoms with Crippen LogP contribution in [0.4, 0.5) is 9.18 Å². The highest BCUT2D eigenvalue weighted by Crippen LogP contribution is 2.23. The van der Waals surface area contributed by atoms with E-state index >= 15 is 0 Å². The molecular formula is C16H23FN2O3. The van der Waals surface area contributed by atoms with Gasteiger partial charge in [-0.1, -0.05) is 6.92 Å². The smallest absolute Gasteiger partial charge is 0.410 e. The van der Waals surface area contributed by atoms with Gasteiger partial charge in [0, 0.05) is 12.1 Å². The number of pyridine rings is 1. The molecule has 22 heavy (non-hydrogen) atoms. The Hall–Kier alpha value is -1.85. The zero-order chi connectivity index (χ0) is 16.3. The largest absolute Gasteiger partial charge is 0.490 e. The first-order chi connectivity index (χ1) is 10.3. The lowest BCUT2D eigenvalue weighted by atomic mass is 10.1. The molecule has 1 aliphatic heterocycles. The quantitative estimate of drug-likeness (QED) is 0.802. The van der Waals surface area contributed by atoms with Crippen molar-refractivity contribution < 1.29 is 18.7 Å². The predicted molar refractivity (Wildman–Crippen MR) is 80.4 cm³/mol. The second-order valence-corrected chi connectivity index (χ2v) is 6.40. The summed E-state index contributed by atoms with van der Waals surface area (Å²) in [7, 11) is 0. The van der Waals surface area contributed by atoms with Crippen molar-refractivity contribution in [3.05, 3.63) is 23.8 Å². The molecule has 1 aromatic rings. The van der Waals surface area contributed by atoms with Crippen LogP contribution in [0.5, 0.6) is 5.75 Å². The van der Waals surface area contributed by atoms with E-state index in [1.165, 1.54) is 6.20 Å². The number of nitrogens with zero attached hydrogens (tertiary/aromatic N) is 2. The third-order valence-corrected chi connectivity index (χ3v) is 3.48. The van der Waals surface area contributed by atoms with Crippen LogP contribution in [0.2, 0.25) is 0 Å². The van der Waals surface area contributed by atoms with E-state index in [-0.39, 0.29) is 12.1 Å². The van der Waals surface area contributed by atoms with E-state index in [0.29, 0.717) is 30.9 Å². The summed E-state index contributed by atoms with van der Waals surface area (Å²) in [5, 5.41) is 0. The number of likely N-dealkylation sites (tertiary alicyclic amines) is 1. The lowest BCUT2D eigenvalue weighted by molar-refractivity contribution is -0.0141. The second-order valence-electron chi connectivity index (χ2n) is 6.40. The summed E-state index contributed by atoms with van der Waals surface area (Å²) in [6.07, 6.45) is 2.47. The van der Waals surface area contributed by atoms with E-state index in [0.717, 1.165) is 6.42 Å². The van der Waals surface area contributed by atoms with Gasteiger partial charge in [0.15, 0.2) is 0 Å². The molecule has 0 saturated carbocycles. The molecule has 2 rings (SSSR count). The lowest BCUT2D eigenvalue weighted by Crippen LogP contribution is -2.55. The number of amides is 1. The Labute approximate surface area is 130 Å². The molecule has 5 nitrogen and oxygen atoms in total. The molecule has 1 aliphatic rings. The number of halogens is 1. The number of rotatable bonds is 4. The van der Waals surface area contributed by atoms with Crippen LogP contribution in [-0.2, 0) is 11.2 Å². The Morgan fingerprint density at radius 1 is 1.50 bits per heavy atom. The van der Waals surface area contributed by atoms with Gasteiger partial charge >= 0.3 is 6.09 Å². The summed E-state index contributed by atoms with van der Waals surface area (Å²) in [6.45, 7) is 8.41. The number of hydrogen-bond donors (Lipinski definition) is 0. The van der Waals surface area contributed by atoms with Gasteiger partial charge in [-0.25, -0.2) is 9.78 Å². The van der Waals surface area contributed by atoms with Crippen LogP contribution in [0.3, 0.4) is 0 Å². The zero-order valence-electron chi connectivity index (χ0n) is 13.6. The highest BCUT2D eigenvalue weighted by Gasteiger charge is 2.35. The van der Waals surface area contributed by atoms with Crippen molar-refractivity contribution in [3.63, 3.8) is 0 Å². The average molecular weight is 310 g/mol. The number of aromatic nitrogens is 1. The van der Waals surface area contributed by atoms with Crippen molar-refractivity contribution in [1.29, 1.82) is 0 Å². The fourth-order valence-corrected chi connectivity index (χ4v) is 2.17. The SMILES string of the molecule is CCc1cc(OC[C@@H]2CCN2C(=O)OC(C)(C)C)cnc1F. The summed E-state index contributed by atoms with van der Waals surface area (Å²) in [6, 6.07) is 1.64. The molecule has 0 radical (unpaired) electrons. The lowest BCUT2D eigenvalue weighted by Gasteiger charge is -2.40. The predicted octanol–water partition coefficient (Wildman–Crippen LogP) is 3.17. The van der Waals surface area contributed by atoms with E-state index in [4.69, 9.17) is 9.47 Å². The molecular weight excluding hydrogens is 287 g/mol. The van der Waals surface area contributed by atoms with Crippen molar-refractivity contribution in [1.82, 2.24) is 9.88 Å². The minimum Gasteiger partial charge on any atom is -0.490 e. The molecule has 0 aromatic carbocycles. The molecule has 0 aliphatic carbocycles. The van der Waals surface area contributed by atoms with Crippen LogP contribution < -0.4 is 4.74 Å². The molecule has 1 fully saturated rings. The maximum Gasteiger partial charge on any atom is 0.410 e. The van der Waals surface area contributed by atoms with Gasteiger partial charge in [0.2, 0.25) is 5.95 Å². The van der Waals surface area contributed by atoms with Crippen molar-refractivity contribution in [2.24, 2.45) is 0 Å². The fraction of sp³-hybridized carbons (Fsp3) is 0.625. The first kappa shape index (κ1) is 16.5. The van der Waals surface area contributed by atoms with Gasteiger partial charge in [0.1, 0.15) is 18.0 Å². The van der Waals surface area contributed by atoms with Crippen molar-refractivity contribution in [2.45, 2.75) is 52.2 Å². The van der Waals surface area contributed by atoms with Crippen LogP contribution in [0, 0.1) is 5.95 Å². The Bertz CT molecular complexity index is 543. The Balaban J connectivity index is 1.88. The van der Waals surface area contributed by atoms with Gasteiger partial charge in [-0.05, 0) is 39.7 Å². The zero-order valence-corrected chi connectivity index (χ0v) is 13.6. The molecule has 0 spiro atoms. The Morgan fingerprint density at radius 3 is 2.77 bits per heavy atom. The summed E-state index contributed by atoms with van der Waals surface area (Å²) in [5.41, 5.74) is 0.0183. The number of carbonyl (C=O) groups is 1. The summed E-state index contributed by atoms with van der Waals surface area (Å²) in [4.78, 5) is 17.3. The number of carbonyl (C=O) groups excluding carboxylic acids is 1. The van der Waals surface area contributed by atoms with E-state index in [2.05, 4.69) is 4.98 Å². The van der Waals surface area contributed by atoms with Gasteiger partial charge in [0.25, 0.3) is 0 Å². The van der Waals surface area contributed by atoms with Crippen LogP contribution in [0.25, 0.3) is 0 Å². The fourth-order valence-electron chi connectivity index (χ4n) is 2.17. The average Bonchev–Trinajstić information content (AvgIpc) is 2.37. The first-order valence-corrected chi connectivity index (χ1v) is 7.57. The summed E-state index contributed by atoms with van der Waals surface area (Å²) >= 11 is 0. The van der Waals surface area contributed by atoms with Gasteiger partial charge in [0.05, 0.1) is 12.2 Å². The molecule has 0 unspecified atom stereocenters. The molecule has 122 valence electrons. The van der Waals surface area contributed by atoms with Crippen LogP contribution >= 0.6 is 0 Å². The highest BCUT2D eigenvalue weighted by molar-refractivity contribution is 5.69. The van der Waals surface area contributed by atoms with Gasteiger partial charge in [-0.15, -0.1) is 0 Å². The van der Waals surface area contributed by atoms with Gasteiger partial charge in [-0.2, -0.15) is 4.39 Å². The van der Waals surface area contributed by atoms with Crippen LogP contribution in [-0.4, -0.2) is 40.8 Å². The molecule has 0 N–H and O–H groups in total. The second kappa shape index (κ2) is 6.50. The van der Waals surface area contributed by atoms with Crippen molar-refractivity contribution in [3.8, 4) is 5.75 Å². The normalized spacial score (nSPS) is 17.9. The molecule has 1 amide bonds. The van der Waals surface area contributed by atoms with Crippen molar-refractivity contribution >= 4 is 6.09 Å². The standard InChI is InChI=1S/C16H23FN2O3/c1-5-11-8-13(9-18-14(11)17)21-10-12-6-7-19(12)15(20)22-16(2,3)4/h8-9,12H,5-7,10H2,1-4H3/t12-/m0/s1. The van der Waals surface area contributed by atoms with Crippen LogP contribution in [0.1, 0.15) is 39.7 Å². The summed E-state index contributed by atoms with van der Waals surface area (Å²) < 4.78 is 24.3. The maximum absolute atomic E-state index is 13.3. The molecule has 6 heteroatoms. The van der Waals surface area contributed by atoms with Crippen LogP contribution in [0.15, 0.2) is 12.3 Å². The van der Waals surface area contributed by atoms with E-state index < -0.39 is 11.5 Å². The first-order valence-electron chi connectivity index (χ1n) is 7.57. The molecule has 0 bridgehead atoms. The minimum absolute atomic E-state index is 0.00928. The van der Waals surface area contributed by atoms with E-state index in [1.807, 2.05) is 27.7 Å². The highest BCUT2D eigenvalue weighted by atomic mass is 19.1. The van der Waals surface area contributed by atoms with Gasteiger partial charge < -0.3 is 14.4 Å². The molecule has 1 saturated heterocycles. The maximum atomic E-state index is 13.3. The number of hydrogen-bond acceptors (Lipinski definition) is 4. The molecule has 1 aromatic heterocycles.